The predicted octanol–water partition coefficient (Wildman–Crippen LogP) is 6.39. The fourth-order valence-corrected chi connectivity index (χ4v) is 5.10. The number of allylic oxidation sites excluding steroid dienone is 2. The van der Waals surface area contributed by atoms with Crippen LogP contribution in [0, 0.1) is 17.8 Å². The third kappa shape index (κ3) is 3.86. The van der Waals surface area contributed by atoms with Crippen molar-refractivity contribution < 1.29 is 17.6 Å². The lowest BCUT2D eigenvalue weighted by atomic mass is 9.61. The molecule has 136 valence electrons. The van der Waals surface area contributed by atoms with Crippen molar-refractivity contribution in [3.05, 3.63) is 41.5 Å². The summed E-state index contributed by atoms with van der Waals surface area (Å²) in [6.45, 7) is 4.00. The lowest BCUT2D eigenvalue weighted by molar-refractivity contribution is 0.150. The van der Waals surface area contributed by atoms with E-state index >= 15 is 0 Å². The maximum absolute atomic E-state index is 12.0. The fraction of sp³-hybridized carbons (Fsp3) is 0.550. The lowest BCUT2D eigenvalue weighted by Crippen LogP contribution is -2.34. The first-order valence-corrected chi connectivity index (χ1v) is 9.89. The molecule has 0 saturated heterocycles. The Morgan fingerprint density at radius 2 is 2.04 bits per heavy atom. The van der Waals surface area contributed by atoms with Gasteiger partial charge in [-0.05, 0) is 79.0 Å². The molecule has 0 N–H and O–H groups in total. The van der Waals surface area contributed by atoms with E-state index in [0.717, 1.165) is 24.2 Å². The monoisotopic (exact) mass is 364 g/mol. The number of carbonyl (C=O) groups excluding carboxylic acids is 1. The average Bonchev–Trinajstić information content (AvgIpc) is 3.11. The molecular formula is C20H25FO3S. The average molecular weight is 364 g/mol. The highest BCUT2D eigenvalue weighted by atomic mass is 32.2. The molecule has 25 heavy (non-hydrogen) atoms. The van der Waals surface area contributed by atoms with Crippen molar-refractivity contribution in [3.63, 3.8) is 0 Å². The molecule has 4 rings (SSSR count). The van der Waals surface area contributed by atoms with Gasteiger partial charge >= 0.3 is 6.22 Å². The highest BCUT2D eigenvalue weighted by molar-refractivity contribution is 7.90. The molecule has 0 bridgehead atoms. The Morgan fingerprint density at radius 3 is 2.84 bits per heavy atom. The molecule has 5 heteroatoms. The number of hydrogen-bond donors (Lipinski definition) is 0. The summed E-state index contributed by atoms with van der Waals surface area (Å²) < 4.78 is 21.3. The van der Waals surface area contributed by atoms with Crippen LogP contribution in [0.5, 0.6) is 5.75 Å². The van der Waals surface area contributed by atoms with Crippen LogP contribution in [0.25, 0.3) is 0 Å². The largest absolute Gasteiger partial charge is 0.510 e. The van der Waals surface area contributed by atoms with Crippen molar-refractivity contribution in [2.45, 2.75) is 51.9 Å². The number of benzene rings is 1. The minimum atomic E-state index is -1.85. The summed E-state index contributed by atoms with van der Waals surface area (Å²) in [6, 6.07) is 6.03. The molecule has 0 heterocycles. The van der Waals surface area contributed by atoms with Gasteiger partial charge in [-0.15, -0.1) is 4.39 Å². The standard InChI is InChI=1S/C18H19FO3S.C2H6/c19-18(20)22-23-21-13-6-9-15-12(10-13)5-8-16-14-3-1-2-11(14)4-7-17(15)16;1-2/h1-2,6,9-11,14,16-17H,3-5,7-8H2;1-2H3. The van der Waals surface area contributed by atoms with Crippen LogP contribution in [0.1, 0.15) is 56.6 Å². The number of aryl methyl sites for hydroxylation is 1. The van der Waals surface area contributed by atoms with Crippen LogP contribution in [0.15, 0.2) is 30.4 Å². The highest BCUT2D eigenvalue weighted by Crippen LogP contribution is 2.53. The van der Waals surface area contributed by atoms with Crippen LogP contribution in [-0.2, 0) is 10.6 Å². The first kappa shape index (κ1) is 18.3. The van der Waals surface area contributed by atoms with Gasteiger partial charge in [0, 0.05) is 0 Å². The molecule has 1 saturated carbocycles. The molecule has 3 aliphatic rings. The van der Waals surface area contributed by atoms with E-state index in [4.69, 9.17) is 4.18 Å². The second-order valence-corrected chi connectivity index (χ2v) is 7.18. The van der Waals surface area contributed by atoms with Gasteiger partial charge in [0.05, 0.1) is 0 Å². The second kappa shape index (κ2) is 8.26. The Hall–Kier alpha value is -1.49. The first-order valence-electron chi connectivity index (χ1n) is 9.22. The number of halogens is 1. The number of fused-ring (bicyclic) bond motifs is 5. The van der Waals surface area contributed by atoms with Gasteiger partial charge in [0.1, 0.15) is 5.75 Å². The number of rotatable bonds is 3. The van der Waals surface area contributed by atoms with Crippen LogP contribution >= 0.6 is 12.3 Å². The van der Waals surface area contributed by atoms with Gasteiger partial charge in [0.15, 0.2) is 0 Å². The molecule has 3 aliphatic carbocycles. The van der Waals surface area contributed by atoms with Gasteiger partial charge in [-0.3, -0.25) is 0 Å². The molecule has 0 radical (unpaired) electrons. The molecule has 1 fully saturated rings. The van der Waals surface area contributed by atoms with Crippen LogP contribution in [0.3, 0.4) is 0 Å². The Morgan fingerprint density at radius 1 is 1.20 bits per heavy atom. The van der Waals surface area contributed by atoms with Crippen LogP contribution in [0.2, 0.25) is 0 Å². The van der Waals surface area contributed by atoms with Crippen molar-refractivity contribution in [1.82, 2.24) is 0 Å². The van der Waals surface area contributed by atoms with Gasteiger partial charge in [0.2, 0.25) is 0 Å². The molecule has 0 aliphatic heterocycles. The van der Waals surface area contributed by atoms with Gasteiger partial charge in [0.25, 0.3) is 12.3 Å². The second-order valence-electron chi connectivity index (χ2n) is 6.71. The van der Waals surface area contributed by atoms with E-state index in [1.165, 1.54) is 36.8 Å². The normalized spacial score (nSPS) is 28.8. The van der Waals surface area contributed by atoms with Crippen LogP contribution < -0.4 is 4.18 Å². The van der Waals surface area contributed by atoms with Crippen molar-refractivity contribution >= 4 is 18.5 Å². The highest BCUT2D eigenvalue weighted by Gasteiger charge is 2.42. The summed E-state index contributed by atoms with van der Waals surface area (Å²) in [5.74, 6) is 3.68. The third-order valence-electron chi connectivity index (χ3n) is 5.71. The Bertz CT molecular complexity index is 646. The molecule has 0 aromatic heterocycles. The lowest BCUT2D eigenvalue weighted by Gasteiger charge is -2.44. The zero-order chi connectivity index (χ0) is 17.8. The topological polar surface area (TPSA) is 35.5 Å². The zero-order valence-corrected chi connectivity index (χ0v) is 15.6. The number of hydrogen-bond acceptors (Lipinski definition) is 4. The van der Waals surface area contributed by atoms with Crippen molar-refractivity contribution in [2.24, 2.45) is 17.8 Å². The molecule has 4 unspecified atom stereocenters. The van der Waals surface area contributed by atoms with E-state index in [2.05, 4.69) is 22.4 Å². The molecule has 3 nitrogen and oxygen atoms in total. The minimum absolute atomic E-state index is 0.368. The van der Waals surface area contributed by atoms with E-state index in [-0.39, 0.29) is 0 Å². The summed E-state index contributed by atoms with van der Waals surface area (Å²) >= 11 is 0.368. The van der Waals surface area contributed by atoms with Crippen molar-refractivity contribution in [3.8, 4) is 5.75 Å². The smallest absolute Gasteiger partial charge is 0.391 e. The summed E-state index contributed by atoms with van der Waals surface area (Å²) in [5, 5.41) is 0. The summed E-state index contributed by atoms with van der Waals surface area (Å²) in [5.41, 5.74) is 2.77. The first-order chi connectivity index (χ1) is 12.2. The Balaban J connectivity index is 0.000000880. The maximum atomic E-state index is 12.0. The third-order valence-corrected chi connectivity index (χ3v) is 6.17. The van der Waals surface area contributed by atoms with E-state index in [9.17, 15) is 9.18 Å². The van der Waals surface area contributed by atoms with E-state index in [1.807, 2.05) is 26.0 Å². The Kier molecular flexibility index (Phi) is 6.05. The van der Waals surface area contributed by atoms with E-state index in [1.54, 1.807) is 0 Å². The van der Waals surface area contributed by atoms with Crippen molar-refractivity contribution in [1.29, 1.82) is 0 Å². The maximum Gasteiger partial charge on any atom is 0.510 e. The SMILES string of the molecule is CC.O=C(F)OSOc1ccc2c(c1)CCC1C2CCC2C=CCC21. The van der Waals surface area contributed by atoms with Gasteiger partial charge < -0.3 is 8.37 Å². The molecule has 4 atom stereocenters. The van der Waals surface area contributed by atoms with Crippen LogP contribution in [-0.4, -0.2) is 6.22 Å². The minimum Gasteiger partial charge on any atom is -0.391 e. The molecule has 1 aromatic rings. The van der Waals surface area contributed by atoms with E-state index < -0.39 is 6.22 Å². The van der Waals surface area contributed by atoms with Gasteiger partial charge in [-0.2, -0.15) is 0 Å². The quantitative estimate of drug-likeness (QED) is 0.353. The molecule has 0 amide bonds. The fourth-order valence-electron chi connectivity index (χ4n) is 4.83. The zero-order valence-electron chi connectivity index (χ0n) is 14.7. The van der Waals surface area contributed by atoms with Gasteiger partial charge in [-0.25, -0.2) is 4.79 Å². The van der Waals surface area contributed by atoms with Crippen molar-refractivity contribution in [2.75, 3.05) is 0 Å². The number of carbonyl (C=O) groups is 1. The predicted molar refractivity (Wildman–Crippen MR) is 98.1 cm³/mol. The summed E-state index contributed by atoms with van der Waals surface area (Å²) in [4.78, 5) is 10.1. The Labute approximate surface area is 153 Å². The van der Waals surface area contributed by atoms with E-state index in [0.29, 0.717) is 24.0 Å². The summed E-state index contributed by atoms with van der Waals surface area (Å²) in [7, 11) is 0. The molecule has 0 spiro atoms. The van der Waals surface area contributed by atoms with Gasteiger partial charge in [-0.1, -0.05) is 32.1 Å². The van der Waals surface area contributed by atoms with Crippen LogP contribution in [0.4, 0.5) is 9.18 Å². The molecular weight excluding hydrogens is 339 g/mol. The summed E-state index contributed by atoms with van der Waals surface area (Å²) in [6.07, 6.45) is 9.04. The molecule has 1 aromatic carbocycles.